The monoisotopic (exact) mass is 407 g/mol. The number of amidine groups is 1. The van der Waals surface area contributed by atoms with E-state index in [4.69, 9.17) is 0 Å². The van der Waals surface area contributed by atoms with E-state index < -0.39 is 0 Å². The summed E-state index contributed by atoms with van der Waals surface area (Å²) < 4.78 is 0. The number of rotatable bonds is 5. The third-order valence-corrected chi connectivity index (χ3v) is 6.79. The number of piperazine rings is 1. The number of aliphatic hydroxyl groups is 1. The lowest BCUT2D eigenvalue weighted by atomic mass is 9.74. The minimum Gasteiger partial charge on any atom is -0.504 e. The molecule has 1 N–H and O–H groups in total. The summed E-state index contributed by atoms with van der Waals surface area (Å²) in [5.41, 5.74) is 3.42. The van der Waals surface area contributed by atoms with Crippen molar-refractivity contribution in [2.24, 2.45) is 10.9 Å². The molecule has 2 heterocycles. The van der Waals surface area contributed by atoms with Gasteiger partial charge in [-0.05, 0) is 36.3 Å². The summed E-state index contributed by atoms with van der Waals surface area (Å²) in [4.78, 5) is 21.0. The summed E-state index contributed by atoms with van der Waals surface area (Å²) in [5, 5.41) is 10.5. The van der Waals surface area contributed by atoms with Gasteiger partial charge in [0.1, 0.15) is 11.5 Å². The van der Waals surface area contributed by atoms with Crippen LogP contribution in [0.15, 0.2) is 53.0 Å². The maximum absolute atomic E-state index is 12.8. The first kappa shape index (κ1) is 20.7. The van der Waals surface area contributed by atoms with E-state index in [9.17, 15) is 9.90 Å². The Morgan fingerprint density at radius 1 is 1.23 bits per heavy atom. The summed E-state index contributed by atoms with van der Waals surface area (Å²) in [7, 11) is 1.77. The SMILES string of the molecule is C=C1N=C(CC2(c3cccc(CC(C)C)c3)CCCC2)N2CCN(C)C(=O)C2=C1O. The lowest BCUT2D eigenvalue weighted by molar-refractivity contribution is -0.129. The summed E-state index contributed by atoms with van der Waals surface area (Å²) in [6, 6.07) is 9.05. The Morgan fingerprint density at radius 2 is 1.97 bits per heavy atom. The lowest BCUT2D eigenvalue weighted by Gasteiger charge is -2.41. The van der Waals surface area contributed by atoms with Crippen molar-refractivity contribution in [3.05, 3.63) is 59.1 Å². The zero-order valence-electron chi connectivity index (χ0n) is 18.4. The van der Waals surface area contributed by atoms with Gasteiger partial charge >= 0.3 is 0 Å². The molecule has 30 heavy (non-hydrogen) atoms. The van der Waals surface area contributed by atoms with E-state index in [1.807, 2.05) is 4.90 Å². The average molecular weight is 408 g/mol. The normalized spacial score (nSPS) is 21.4. The number of benzene rings is 1. The van der Waals surface area contributed by atoms with Gasteiger partial charge in [-0.25, -0.2) is 4.99 Å². The molecule has 0 bridgehead atoms. The number of aliphatic hydroxyl groups excluding tert-OH is 1. The molecule has 1 saturated carbocycles. The molecular formula is C25H33N3O2. The molecule has 0 unspecified atom stereocenters. The van der Waals surface area contributed by atoms with Crippen molar-refractivity contribution in [3.8, 4) is 0 Å². The topological polar surface area (TPSA) is 56.1 Å². The van der Waals surface area contributed by atoms with Crippen LogP contribution in [0.4, 0.5) is 0 Å². The number of fused-ring (bicyclic) bond motifs is 1. The van der Waals surface area contributed by atoms with E-state index in [0.717, 1.165) is 31.5 Å². The molecule has 0 spiro atoms. The first-order chi connectivity index (χ1) is 14.3. The lowest BCUT2D eigenvalue weighted by Crippen LogP contribution is -2.52. The zero-order valence-corrected chi connectivity index (χ0v) is 18.4. The van der Waals surface area contributed by atoms with Crippen molar-refractivity contribution in [2.45, 2.75) is 57.8 Å². The van der Waals surface area contributed by atoms with Crippen LogP contribution in [-0.4, -0.2) is 46.8 Å². The van der Waals surface area contributed by atoms with Crippen LogP contribution >= 0.6 is 0 Å². The van der Waals surface area contributed by atoms with Gasteiger partial charge in [0.15, 0.2) is 11.5 Å². The number of amides is 1. The van der Waals surface area contributed by atoms with Crippen LogP contribution in [0.3, 0.4) is 0 Å². The molecule has 4 rings (SSSR count). The second-order valence-electron chi connectivity index (χ2n) is 9.51. The molecule has 3 aliphatic rings. The van der Waals surface area contributed by atoms with Crippen molar-refractivity contribution >= 4 is 11.7 Å². The van der Waals surface area contributed by atoms with Crippen molar-refractivity contribution in [3.63, 3.8) is 0 Å². The fourth-order valence-corrected chi connectivity index (χ4v) is 5.21. The molecule has 1 amide bonds. The number of aliphatic imine (C=N–C) groups is 1. The molecule has 0 atom stereocenters. The Balaban J connectivity index is 1.68. The van der Waals surface area contributed by atoms with Crippen LogP contribution in [0.2, 0.25) is 0 Å². The number of carbonyl (C=O) groups excluding carboxylic acids is 1. The van der Waals surface area contributed by atoms with Crippen LogP contribution in [-0.2, 0) is 16.6 Å². The van der Waals surface area contributed by atoms with E-state index in [1.54, 1.807) is 11.9 Å². The number of hydrogen-bond acceptors (Lipinski definition) is 4. The fraction of sp³-hybridized carbons (Fsp3) is 0.520. The second kappa shape index (κ2) is 7.93. The Labute approximate surface area is 179 Å². The average Bonchev–Trinajstić information content (AvgIpc) is 3.17. The van der Waals surface area contributed by atoms with Gasteiger partial charge < -0.3 is 14.9 Å². The summed E-state index contributed by atoms with van der Waals surface area (Å²) in [6.07, 6.45) is 6.50. The van der Waals surface area contributed by atoms with E-state index in [-0.39, 0.29) is 17.1 Å². The fourth-order valence-electron chi connectivity index (χ4n) is 5.21. The summed E-state index contributed by atoms with van der Waals surface area (Å²) >= 11 is 0. The number of nitrogens with zero attached hydrogens (tertiary/aromatic N) is 3. The minimum absolute atomic E-state index is 0.0244. The van der Waals surface area contributed by atoms with Crippen molar-refractivity contribution in [1.29, 1.82) is 0 Å². The van der Waals surface area contributed by atoms with E-state index in [0.29, 0.717) is 30.4 Å². The Bertz CT molecular complexity index is 922. The highest BCUT2D eigenvalue weighted by Gasteiger charge is 2.42. The van der Waals surface area contributed by atoms with Gasteiger partial charge in [-0.1, -0.05) is 57.5 Å². The van der Waals surface area contributed by atoms with E-state index >= 15 is 0 Å². The maximum Gasteiger partial charge on any atom is 0.274 e. The predicted molar refractivity (Wildman–Crippen MR) is 120 cm³/mol. The largest absolute Gasteiger partial charge is 0.504 e. The highest BCUT2D eigenvalue weighted by atomic mass is 16.3. The molecule has 2 aliphatic heterocycles. The second-order valence-corrected chi connectivity index (χ2v) is 9.51. The first-order valence-corrected chi connectivity index (χ1v) is 11.1. The highest BCUT2D eigenvalue weighted by molar-refractivity contribution is 6.02. The quantitative estimate of drug-likeness (QED) is 0.779. The summed E-state index contributed by atoms with van der Waals surface area (Å²) in [5.74, 6) is 1.24. The molecular weight excluding hydrogens is 374 g/mol. The molecule has 1 aromatic carbocycles. The predicted octanol–water partition coefficient (Wildman–Crippen LogP) is 4.56. The zero-order chi connectivity index (χ0) is 21.5. The molecule has 160 valence electrons. The van der Waals surface area contributed by atoms with Crippen LogP contribution in [0.25, 0.3) is 0 Å². The smallest absolute Gasteiger partial charge is 0.274 e. The molecule has 1 saturated heterocycles. The third-order valence-electron chi connectivity index (χ3n) is 6.79. The van der Waals surface area contributed by atoms with Crippen LogP contribution in [0, 0.1) is 5.92 Å². The number of likely N-dealkylation sites (N-methyl/N-ethyl adjacent to an activating group) is 1. The van der Waals surface area contributed by atoms with Gasteiger partial charge in [-0.15, -0.1) is 0 Å². The molecule has 0 aromatic heterocycles. The molecule has 5 heteroatoms. The van der Waals surface area contributed by atoms with Crippen LogP contribution in [0.5, 0.6) is 0 Å². The van der Waals surface area contributed by atoms with Crippen LogP contribution in [0.1, 0.15) is 57.1 Å². The van der Waals surface area contributed by atoms with Gasteiger partial charge in [-0.3, -0.25) is 4.79 Å². The highest BCUT2D eigenvalue weighted by Crippen LogP contribution is 2.46. The van der Waals surface area contributed by atoms with Crippen molar-refractivity contribution < 1.29 is 9.90 Å². The van der Waals surface area contributed by atoms with Gasteiger partial charge in [0.05, 0.1) is 0 Å². The van der Waals surface area contributed by atoms with E-state index in [2.05, 4.69) is 49.7 Å². The Kier molecular flexibility index (Phi) is 5.48. The molecule has 0 radical (unpaired) electrons. The van der Waals surface area contributed by atoms with Crippen molar-refractivity contribution in [2.75, 3.05) is 20.1 Å². The third kappa shape index (κ3) is 3.66. The number of hydrogen-bond donors (Lipinski definition) is 1. The Morgan fingerprint density at radius 3 is 2.67 bits per heavy atom. The van der Waals surface area contributed by atoms with Crippen molar-refractivity contribution in [1.82, 2.24) is 9.80 Å². The van der Waals surface area contributed by atoms with E-state index in [1.165, 1.54) is 24.0 Å². The summed E-state index contributed by atoms with van der Waals surface area (Å²) in [6.45, 7) is 9.70. The standard InChI is InChI=1S/C25H33N3O2/c1-17(2)14-19-8-7-9-20(15-19)25(10-5-6-11-25)16-21-26-18(3)23(29)22-24(30)27(4)12-13-28(21)22/h7-9,15,17,29H,3,5-6,10-14,16H2,1-2,4H3. The number of carbonyl (C=O) groups is 1. The van der Waals surface area contributed by atoms with Gasteiger partial charge in [0, 0.05) is 32.0 Å². The molecule has 5 nitrogen and oxygen atoms in total. The Hall–Kier alpha value is -2.56. The van der Waals surface area contributed by atoms with Gasteiger partial charge in [0.2, 0.25) is 0 Å². The minimum atomic E-state index is -0.160. The maximum atomic E-state index is 12.8. The van der Waals surface area contributed by atoms with Crippen LogP contribution < -0.4 is 0 Å². The molecule has 2 fully saturated rings. The first-order valence-electron chi connectivity index (χ1n) is 11.1. The van der Waals surface area contributed by atoms with Gasteiger partial charge in [0.25, 0.3) is 5.91 Å². The molecule has 1 aromatic rings. The van der Waals surface area contributed by atoms with Gasteiger partial charge in [-0.2, -0.15) is 0 Å². The molecule has 1 aliphatic carbocycles.